The molecule has 0 amide bonds. The van der Waals surface area contributed by atoms with Crippen molar-refractivity contribution in [2.45, 2.75) is 6.92 Å². The van der Waals surface area contributed by atoms with Gasteiger partial charge in [-0.15, -0.1) is 0 Å². The molecule has 0 saturated carbocycles. The van der Waals surface area contributed by atoms with Gasteiger partial charge in [0, 0.05) is 6.20 Å². The predicted molar refractivity (Wildman–Crippen MR) is 40.5 cm³/mol. The highest BCUT2D eigenvalue weighted by atomic mass is 16.5. The molecule has 0 atom stereocenters. The van der Waals surface area contributed by atoms with Crippen LogP contribution in [0.4, 0.5) is 0 Å². The van der Waals surface area contributed by atoms with E-state index >= 15 is 0 Å². The van der Waals surface area contributed by atoms with Crippen LogP contribution >= 0.6 is 0 Å². The second-order valence-electron chi connectivity index (χ2n) is 2.00. The van der Waals surface area contributed by atoms with Crippen molar-refractivity contribution in [1.82, 2.24) is 0 Å². The Morgan fingerprint density at radius 3 is 2.80 bits per heavy atom. The summed E-state index contributed by atoms with van der Waals surface area (Å²) in [6, 6.07) is 0. The highest BCUT2D eigenvalue weighted by Gasteiger charge is 2.07. The minimum Gasteiger partial charge on any atom is -0.501 e. The molecule has 1 aliphatic rings. The highest BCUT2D eigenvalue weighted by Crippen LogP contribution is 2.11. The first kappa shape index (κ1) is 6.86. The molecule has 0 aliphatic carbocycles. The molecule has 10 heavy (non-hydrogen) atoms. The average molecular weight is 138 g/mol. The first-order valence-corrected chi connectivity index (χ1v) is 3.00. The van der Waals surface area contributed by atoms with Gasteiger partial charge in [0.15, 0.2) is 0 Å². The molecule has 0 saturated heterocycles. The van der Waals surface area contributed by atoms with Gasteiger partial charge in [0.25, 0.3) is 0 Å². The maximum Gasteiger partial charge on any atom is 0.134 e. The molecule has 1 heterocycles. The van der Waals surface area contributed by atoms with Crippen molar-refractivity contribution in [2.24, 2.45) is 10.7 Å². The van der Waals surface area contributed by atoms with Crippen LogP contribution < -0.4 is 5.73 Å². The molecular formula is C7H10N2O. The van der Waals surface area contributed by atoms with Gasteiger partial charge in [0.05, 0.1) is 12.7 Å². The van der Waals surface area contributed by atoms with Crippen molar-refractivity contribution in [3.8, 4) is 0 Å². The largest absolute Gasteiger partial charge is 0.501 e. The van der Waals surface area contributed by atoms with E-state index in [1.807, 2.05) is 13.0 Å². The van der Waals surface area contributed by atoms with Crippen molar-refractivity contribution in [1.29, 1.82) is 0 Å². The molecule has 1 aliphatic heterocycles. The van der Waals surface area contributed by atoms with E-state index in [2.05, 4.69) is 4.99 Å². The zero-order valence-electron chi connectivity index (χ0n) is 6.09. The normalized spacial score (nSPS) is 20.8. The molecule has 0 bridgehead atoms. The lowest BCUT2D eigenvalue weighted by Gasteiger charge is -2.01. The highest BCUT2D eigenvalue weighted by molar-refractivity contribution is 6.02. The van der Waals surface area contributed by atoms with E-state index in [0.717, 1.165) is 11.3 Å². The fraction of sp³-hybridized carbons (Fsp3) is 0.286. The molecule has 2 N–H and O–H groups in total. The molecule has 0 unspecified atom stereocenters. The zero-order valence-corrected chi connectivity index (χ0v) is 6.09. The zero-order chi connectivity index (χ0) is 7.56. The van der Waals surface area contributed by atoms with E-state index in [1.165, 1.54) is 0 Å². The Bertz CT molecular complexity index is 226. The lowest BCUT2D eigenvalue weighted by atomic mass is 10.2. The topological polar surface area (TPSA) is 47.6 Å². The van der Waals surface area contributed by atoms with Gasteiger partial charge in [-0.1, -0.05) is 0 Å². The lowest BCUT2D eigenvalue weighted by Crippen LogP contribution is -2.12. The van der Waals surface area contributed by atoms with E-state index in [0.29, 0.717) is 5.84 Å². The molecule has 0 aromatic rings. The van der Waals surface area contributed by atoms with Crippen molar-refractivity contribution in [3.63, 3.8) is 0 Å². The Balaban J connectivity index is 2.93. The van der Waals surface area contributed by atoms with Gasteiger partial charge < -0.3 is 10.5 Å². The standard InChI is InChI=1S/C7H10N2O/c1-5(10-2)6-3-4-9-7(6)8/h3-4H,1-2H3,(H2,8,9)/b6-5+. The fourth-order valence-electron chi connectivity index (χ4n) is 0.755. The summed E-state index contributed by atoms with van der Waals surface area (Å²) in [5, 5.41) is 0. The molecule has 0 fully saturated rings. The van der Waals surface area contributed by atoms with Gasteiger partial charge in [-0.3, -0.25) is 0 Å². The van der Waals surface area contributed by atoms with Gasteiger partial charge in [-0.05, 0) is 13.0 Å². The maximum atomic E-state index is 5.51. The average Bonchev–Trinajstić information content (AvgIpc) is 2.34. The minimum absolute atomic E-state index is 0.527. The van der Waals surface area contributed by atoms with Crippen LogP contribution in [0.25, 0.3) is 0 Å². The third-order valence-corrected chi connectivity index (χ3v) is 1.42. The van der Waals surface area contributed by atoms with Crippen LogP contribution in [-0.2, 0) is 4.74 Å². The predicted octanol–water partition coefficient (Wildman–Crippen LogP) is 0.791. The van der Waals surface area contributed by atoms with Gasteiger partial charge in [0.2, 0.25) is 0 Å². The van der Waals surface area contributed by atoms with Crippen LogP contribution in [-0.4, -0.2) is 12.9 Å². The number of allylic oxidation sites excluding steroid dienone is 1. The van der Waals surface area contributed by atoms with Gasteiger partial charge in [0.1, 0.15) is 11.6 Å². The third-order valence-electron chi connectivity index (χ3n) is 1.42. The summed E-state index contributed by atoms with van der Waals surface area (Å²) < 4.78 is 4.97. The number of aliphatic imine (C=N–C) groups is 1. The second kappa shape index (κ2) is 2.56. The van der Waals surface area contributed by atoms with E-state index in [-0.39, 0.29) is 0 Å². The summed E-state index contributed by atoms with van der Waals surface area (Å²) in [5.41, 5.74) is 6.38. The summed E-state index contributed by atoms with van der Waals surface area (Å²) in [7, 11) is 1.61. The molecular weight excluding hydrogens is 128 g/mol. The summed E-state index contributed by atoms with van der Waals surface area (Å²) in [4.78, 5) is 3.86. The number of hydrogen-bond acceptors (Lipinski definition) is 3. The van der Waals surface area contributed by atoms with Crippen LogP contribution in [0.15, 0.2) is 28.6 Å². The van der Waals surface area contributed by atoms with E-state index in [1.54, 1.807) is 13.3 Å². The SMILES string of the molecule is CO/C(C)=C1\C=CN=C1N. The molecule has 54 valence electrons. The smallest absolute Gasteiger partial charge is 0.134 e. The quantitative estimate of drug-likeness (QED) is 0.544. The molecule has 0 spiro atoms. The van der Waals surface area contributed by atoms with Gasteiger partial charge in [-0.2, -0.15) is 0 Å². The number of methoxy groups -OCH3 is 1. The van der Waals surface area contributed by atoms with Crippen LogP contribution in [0.2, 0.25) is 0 Å². The van der Waals surface area contributed by atoms with Crippen molar-refractivity contribution >= 4 is 5.84 Å². The minimum atomic E-state index is 0.527. The number of nitrogens with two attached hydrogens (primary N) is 1. The summed E-state index contributed by atoms with van der Waals surface area (Å²) in [6.07, 6.45) is 3.49. The molecule has 0 radical (unpaired) electrons. The molecule has 0 aromatic carbocycles. The number of rotatable bonds is 1. The van der Waals surface area contributed by atoms with E-state index in [9.17, 15) is 0 Å². The van der Waals surface area contributed by atoms with Gasteiger partial charge >= 0.3 is 0 Å². The number of hydrogen-bond donors (Lipinski definition) is 1. The maximum absolute atomic E-state index is 5.51. The van der Waals surface area contributed by atoms with Crippen molar-refractivity contribution in [3.05, 3.63) is 23.6 Å². The molecule has 3 heteroatoms. The fourth-order valence-corrected chi connectivity index (χ4v) is 0.755. The van der Waals surface area contributed by atoms with Crippen molar-refractivity contribution in [2.75, 3.05) is 7.11 Å². The lowest BCUT2D eigenvalue weighted by molar-refractivity contribution is 0.292. The van der Waals surface area contributed by atoms with Crippen LogP contribution in [0.1, 0.15) is 6.92 Å². The number of amidine groups is 1. The third kappa shape index (κ3) is 1.03. The Kier molecular flexibility index (Phi) is 1.76. The van der Waals surface area contributed by atoms with E-state index < -0.39 is 0 Å². The summed E-state index contributed by atoms with van der Waals surface area (Å²) >= 11 is 0. The van der Waals surface area contributed by atoms with E-state index in [4.69, 9.17) is 10.5 Å². The molecule has 3 nitrogen and oxygen atoms in total. The molecule has 0 aromatic heterocycles. The van der Waals surface area contributed by atoms with Crippen LogP contribution in [0, 0.1) is 0 Å². The molecule has 1 rings (SSSR count). The summed E-state index contributed by atoms with van der Waals surface area (Å²) in [6.45, 7) is 1.85. The second-order valence-corrected chi connectivity index (χ2v) is 2.00. The Morgan fingerprint density at radius 2 is 2.40 bits per heavy atom. The Labute approximate surface area is 59.9 Å². The number of ether oxygens (including phenoxy) is 1. The van der Waals surface area contributed by atoms with Crippen LogP contribution in [0.5, 0.6) is 0 Å². The van der Waals surface area contributed by atoms with Gasteiger partial charge in [-0.25, -0.2) is 4.99 Å². The van der Waals surface area contributed by atoms with Crippen LogP contribution in [0.3, 0.4) is 0 Å². The monoisotopic (exact) mass is 138 g/mol. The summed E-state index contributed by atoms with van der Waals surface area (Å²) in [5.74, 6) is 1.33. The Hall–Kier alpha value is -1.25. The first-order chi connectivity index (χ1) is 4.75. The Morgan fingerprint density at radius 1 is 1.70 bits per heavy atom. The first-order valence-electron chi connectivity index (χ1n) is 3.00. The number of nitrogens with zero attached hydrogens (tertiary/aromatic N) is 1. The van der Waals surface area contributed by atoms with Crippen molar-refractivity contribution < 1.29 is 4.74 Å².